The van der Waals surface area contributed by atoms with Crippen LogP contribution in [0.25, 0.3) is 0 Å². The van der Waals surface area contributed by atoms with E-state index in [2.05, 4.69) is 5.32 Å². The molecule has 2 N–H and O–H groups in total. The molecule has 0 radical (unpaired) electrons. The lowest BCUT2D eigenvalue weighted by Gasteiger charge is -1.98. The third kappa shape index (κ3) is 24.6. The number of hydrogen-bond acceptors (Lipinski definition) is 4. The largest absolute Gasteiger partial charge is 0.545 e. The number of allylic oxidation sites excluding steroid dienone is 1. The molecule has 0 aromatic rings. The van der Waals surface area contributed by atoms with Crippen molar-refractivity contribution in [3.63, 3.8) is 0 Å². The van der Waals surface area contributed by atoms with Gasteiger partial charge in [-0.05, 0) is 13.0 Å². The number of hydrogen-bond donors (Lipinski definition) is 1. The van der Waals surface area contributed by atoms with Crippen LogP contribution in [-0.2, 0) is 14.3 Å². The summed E-state index contributed by atoms with van der Waals surface area (Å²) in [6, 6.07) is 0. The van der Waals surface area contributed by atoms with Crippen LogP contribution in [0.4, 0.5) is 0 Å². The van der Waals surface area contributed by atoms with Gasteiger partial charge in [-0.2, -0.15) is 0 Å². The van der Waals surface area contributed by atoms with Crippen molar-refractivity contribution in [1.29, 1.82) is 0 Å². The molecular weight excluding hydrogens is 198 g/mol. The summed E-state index contributed by atoms with van der Waals surface area (Å²) in [4.78, 5) is 9.40. The number of carbonyl (C=O) groups excluding carboxylic acids is 1. The van der Waals surface area contributed by atoms with Gasteiger partial charge in [0.15, 0.2) is 0 Å². The molecule has 0 aliphatic carbocycles. The zero-order valence-corrected chi connectivity index (χ0v) is 9.69. The van der Waals surface area contributed by atoms with Crippen molar-refractivity contribution in [2.45, 2.75) is 6.92 Å². The lowest BCUT2D eigenvalue weighted by molar-refractivity contribution is -0.657. The van der Waals surface area contributed by atoms with E-state index in [1.807, 2.05) is 0 Å². The van der Waals surface area contributed by atoms with Crippen molar-refractivity contribution in [3.8, 4) is 0 Å². The number of ether oxygens (including phenoxy) is 2. The number of quaternary nitrogens is 1. The quantitative estimate of drug-likeness (QED) is 0.403. The zero-order valence-electron chi connectivity index (χ0n) is 9.69. The second kappa shape index (κ2) is 15.6. The van der Waals surface area contributed by atoms with Gasteiger partial charge in [-0.1, -0.05) is 6.08 Å². The van der Waals surface area contributed by atoms with Crippen LogP contribution in [-0.4, -0.2) is 46.5 Å². The van der Waals surface area contributed by atoms with Crippen LogP contribution in [0, 0.1) is 0 Å². The first-order chi connectivity index (χ1) is 7.18. The molecule has 0 saturated carbocycles. The van der Waals surface area contributed by atoms with Gasteiger partial charge >= 0.3 is 0 Å². The lowest BCUT2D eigenvalue weighted by Crippen LogP contribution is -2.86. The normalized spacial score (nSPS) is 9.80. The second-order valence-corrected chi connectivity index (χ2v) is 2.67. The number of nitrogens with two attached hydrogens (primary N) is 1. The van der Waals surface area contributed by atoms with Crippen molar-refractivity contribution in [2.75, 3.05) is 40.5 Å². The number of rotatable bonds is 7. The Labute approximate surface area is 91.1 Å². The Morgan fingerprint density at radius 2 is 1.73 bits per heavy atom. The van der Waals surface area contributed by atoms with Gasteiger partial charge in [-0.15, -0.1) is 0 Å². The molecule has 0 aliphatic heterocycles. The van der Waals surface area contributed by atoms with Gasteiger partial charge in [0.2, 0.25) is 0 Å². The van der Waals surface area contributed by atoms with Crippen LogP contribution >= 0.6 is 0 Å². The summed E-state index contributed by atoms with van der Waals surface area (Å²) in [5.74, 6) is -1.14. The average molecular weight is 219 g/mol. The summed E-state index contributed by atoms with van der Waals surface area (Å²) in [6.07, 6.45) is 2.38. The Kier molecular flexibility index (Phi) is 17.1. The third-order valence-electron chi connectivity index (χ3n) is 1.35. The highest BCUT2D eigenvalue weighted by molar-refractivity contribution is 5.77. The topological polar surface area (TPSA) is 75.2 Å². The van der Waals surface area contributed by atoms with Gasteiger partial charge < -0.3 is 24.7 Å². The molecule has 0 aromatic carbocycles. The van der Waals surface area contributed by atoms with Crippen LogP contribution < -0.4 is 10.4 Å². The van der Waals surface area contributed by atoms with E-state index >= 15 is 0 Å². The van der Waals surface area contributed by atoms with Crippen molar-refractivity contribution < 1.29 is 24.7 Å². The Morgan fingerprint density at radius 1 is 1.27 bits per heavy atom. The first-order valence-electron chi connectivity index (χ1n) is 4.82. The molecule has 0 aromatic heterocycles. The highest BCUT2D eigenvalue weighted by Gasteiger charge is 1.86. The maximum atomic E-state index is 9.40. The van der Waals surface area contributed by atoms with Gasteiger partial charge in [-0.3, -0.25) is 0 Å². The van der Waals surface area contributed by atoms with E-state index in [0.717, 1.165) is 32.4 Å². The maximum Gasteiger partial charge on any atom is 0.0993 e. The summed E-state index contributed by atoms with van der Waals surface area (Å²) < 4.78 is 9.70. The predicted molar refractivity (Wildman–Crippen MR) is 55.2 cm³/mol. The molecule has 0 amide bonds. The molecule has 90 valence electrons. The number of carboxylic acids is 1. The fourth-order valence-electron chi connectivity index (χ4n) is 0.683. The van der Waals surface area contributed by atoms with Crippen LogP contribution in [0.2, 0.25) is 0 Å². The van der Waals surface area contributed by atoms with E-state index in [9.17, 15) is 9.90 Å². The van der Waals surface area contributed by atoms with Gasteiger partial charge in [0.05, 0.1) is 32.3 Å². The fraction of sp³-hybridized carbons (Fsp3) is 0.700. The molecule has 5 heteroatoms. The second-order valence-electron chi connectivity index (χ2n) is 2.67. The van der Waals surface area contributed by atoms with Crippen LogP contribution in [0.3, 0.4) is 0 Å². The van der Waals surface area contributed by atoms with E-state index in [0.29, 0.717) is 0 Å². The molecule has 5 nitrogen and oxygen atoms in total. The van der Waals surface area contributed by atoms with E-state index in [-0.39, 0.29) is 0 Å². The summed E-state index contributed by atoms with van der Waals surface area (Å²) >= 11 is 0. The molecule has 0 bridgehead atoms. The minimum atomic E-state index is -1.14. The summed E-state index contributed by atoms with van der Waals surface area (Å²) in [7, 11) is 3.42. The molecule has 15 heavy (non-hydrogen) atoms. The third-order valence-corrected chi connectivity index (χ3v) is 1.35. The summed E-state index contributed by atoms with van der Waals surface area (Å²) in [5.41, 5.74) is 0. The summed E-state index contributed by atoms with van der Waals surface area (Å²) in [6.45, 7) is 5.32. The Morgan fingerprint density at radius 3 is 1.93 bits per heavy atom. The molecule has 0 unspecified atom stereocenters. The molecule has 0 fully saturated rings. The van der Waals surface area contributed by atoms with Crippen molar-refractivity contribution >= 4 is 5.97 Å². The number of methoxy groups -OCH3 is 2. The SMILES string of the molecule is CC=CC(=O)[O-].COCC[NH2+]CCOC. The first kappa shape index (κ1) is 16.5. The van der Waals surface area contributed by atoms with Gasteiger partial charge in [-0.25, -0.2) is 0 Å². The minimum absolute atomic E-state index is 0.823. The lowest BCUT2D eigenvalue weighted by atomic mass is 10.5. The van der Waals surface area contributed by atoms with E-state index in [4.69, 9.17) is 9.47 Å². The number of carboxylic acid groups (broad SMARTS) is 1. The van der Waals surface area contributed by atoms with E-state index in [1.165, 1.54) is 6.08 Å². The molecule has 0 heterocycles. The van der Waals surface area contributed by atoms with Gasteiger partial charge in [0, 0.05) is 14.2 Å². The summed E-state index contributed by atoms with van der Waals surface area (Å²) in [5, 5.41) is 11.6. The fourth-order valence-corrected chi connectivity index (χ4v) is 0.683. The molecular formula is C10H21NO4. The number of aliphatic carboxylic acids is 1. The Hall–Kier alpha value is -0.910. The Balaban J connectivity index is 0. The first-order valence-corrected chi connectivity index (χ1v) is 4.82. The van der Waals surface area contributed by atoms with Gasteiger partial charge in [0.1, 0.15) is 0 Å². The van der Waals surface area contributed by atoms with Crippen LogP contribution in [0.15, 0.2) is 12.2 Å². The zero-order chi connectivity index (χ0) is 11.9. The van der Waals surface area contributed by atoms with Crippen LogP contribution in [0.5, 0.6) is 0 Å². The molecule has 0 rings (SSSR count). The van der Waals surface area contributed by atoms with Crippen molar-refractivity contribution in [3.05, 3.63) is 12.2 Å². The van der Waals surface area contributed by atoms with Crippen molar-refractivity contribution in [1.82, 2.24) is 0 Å². The molecule has 0 aliphatic rings. The smallest absolute Gasteiger partial charge is 0.0993 e. The van der Waals surface area contributed by atoms with Crippen LogP contribution in [0.1, 0.15) is 6.92 Å². The number of carbonyl (C=O) groups is 1. The standard InChI is InChI=1S/C6H15NO2.C4H6O2/c1-8-5-3-7-4-6-9-2;1-2-3-4(5)6/h7H,3-6H2,1-2H3;2-3H,1H3,(H,5,6). The highest BCUT2D eigenvalue weighted by Crippen LogP contribution is 1.61. The minimum Gasteiger partial charge on any atom is -0.545 e. The van der Waals surface area contributed by atoms with E-state index < -0.39 is 5.97 Å². The highest BCUT2D eigenvalue weighted by atomic mass is 16.5. The van der Waals surface area contributed by atoms with Crippen molar-refractivity contribution in [2.24, 2.45) is 0 Å². The molecule has 0 spiro atoms. The Bertz CT molecular complexity index is 154. The average Bonchev–Trinajstić information content (AvgIpc) is 2.18. The van der Waals surface area contributed by atoms with Gasteiger partial charge in [0.25, 0.3) is 0 Å². The molecule has 0 atom stereocenters. The van der Waals surface area contributed by atoms with E-state index in [1.54, 1.807) is 21.1 Å². The predicted octanol–water partition coefficient (Wildman–Crippen LogP) is -1.84. The maximum absolute atomic E-state index is 9.40. The molecule has 0 saturated heterocycles. The monoisotopic (exact) mass is 219 g/mol.